The van der Waals surface area contributed by atoms with Crippen LogP contribution >= 0.6 is 0 Å². The summed E-state index contributed by atoms with van der Waals surface area (Å²) in [5, 5.41) is 15.4. The van der Waals surface area contributed by atoms with Crippen molar-refractivity contribution in [3.8, 4) is 0 Å². The summed E-state index contributed by atoms with van der Waals surface area (Å²) < 4.78 is 0. The van der Waals surface area contributed by atoms with E-state index < -0.39 is 0 Å². The maximum Gasteiger partial charge on any atom is 0.0555 e. The fourth-order valence-electron chi connectivity index (χ4n) is 2.36. The number of nitrogens with zero attached hydrogens (tertiary/aromatic N) is 3. The highest BCUT2D eigenvalue weighted by Crippen LogP contribution is 2.04. The molecule has 0 atom stereocenters. The molecule has 6 nitrogen and oxygen atoms in total. The SMILES string of the molecule is CCCNCCN1CN(C)CN(CCNCCO)C1. The molecule has 0 aromatic heterocycles. The van der Waals surface area contributed by atoms with Crippen molar-refractivity contribution in [3.63, 3.8) is 0 Å². The first-order valence-corrected chi connectivity index (χ1v) is 7.41. The Labute approximate surface area is 117 Å². The predicted octanol–water partition coefficient (Wildman–Crippen LogP) is -1.01. The lowest BCUT2D eigenvalue weighted by molar-refractivity contribution is -0.0143. The summed E-state index contributed by atoms with van der Waals surface area (Å²) in [6.45, 7) is 11.5. The molecular formula is C13H31N5O. The normalized spacial score (nSPS) is 19.1. The maximum absolute atomic E-state index is 8.73. The third kappa shape index (κ3) is 7.81. The van der Waals surface area contributed by atoms with Gasteiger partial charge in [-0.15, -0.1) is 0 Å². The van der Waals surface area contributed by atoms with Gasteiger partial charge in [-0.1, -0.05) is 6.92 Å². The zero-order valence-corrected chi connectivity index (χ0v) is 12.6. The molecule has 6 heteroatoms. The first kappa shape index (κ1) is 16.8. The van der Waals surface area contributed by atoms with Crippen molar-refractivity contribution >= 4 is 0 Å². The fourth-order valence-corrected chi connectivity index (χ4v) is 2.36. The van der Waals surface area contributed by atoms with E-state index in [0.717, 1.165) is 52.7 Å². The van der Waals surface area contributed by atoms with Crippen LogP contribution in [0.15, 0.2) is 0 Å². The molecule has 0 aliphatic carbocycles. The Morgan fingerprint density at radius 1 is 0.895 bits per heavy atom. The zero-order valence-electron chi connectivity index (χ0n) is 12.6. The quantitative estimate of drug-likeness (QED) is 0.444. The molecule has 0 aromatic rings. The number of aliphatic hydroxyl groups is 1. The van der Waals surface area contributed by atoms with Crippen molar-refractivity contribution in [2.75, 3.05) is 72.9 Å². The lowest BCUT2D eigenvalue weighted by atomic mass is 10.4. The molecule has 1 heterocycles. The van der Waals surface area contributed by atoms with Crippen LogP contribution in [0.2, 0.25) is 0 Å². The van der Waals surface area contributed by atoms with Gasteiger partial charge in [-0.2, -0.15) is 0 Å². The van der Waals surface area contributed by atoms with Crippen molar-refractivity contribution < 1.29 is 5.11 Å². The third-order valence-corrected chi connectivity index (χ3v) is 3.21. The molecule has 0 bridgehead atoms. The van der Waals surface area contributed by atoms with Gasteiger partial charge in [0.25, 0.3) is 0 Å². The third-order valence-electron chi connectivity index (χ3n) is 3.21. The summed E-state index contributed by atoms with van der Waals surface area (Å²) in [5.74, 6) is 0. The summed E-state index contributed by atoms with van der Waals surface area (Å²) in [6.07, 6.45) is 1.20. The Hall–Kier alpha value is -0.240. The molecule has 114 valence electrons. The average Bonchev–Trinajstić information content (AvgIpc) is 2.39. The standard InChI is InChI=1S/C13H31N5O/c1-3-4-14-5-8-17-11-16(2)12-18(13-17)9-6-15-7-10-19/h14-15,19H,3-13H2,1-2H3. The Bertz CT molecular complexity index is 197. The minimum atomic E-state index is 0.217. The van der Waals surface area contributed by atoms with Crippen LogP contribution in [0, 0.1) is 0 Å². The molecule has 1 fully saturated rings. The van der Waals surface area contributed by atoms with E-state index in [9.17, 15) is 0 Å². The zero-order chi connectivity index (χ0) is 13.9. The number of nitrogens with one attached hydrogen (secondary N) is 2. The van der Waals surface area contributed by atoms with Gasteiger partial charge in [0, 0.05) is 32.7 Å². The van der Waals surface area contributed by atoms with Crippen LogP contribution < -0.4 is 10.6 Å². The molecule has 19 heavy (non-hydrogen) atoms. The minimum absolute atomic E-state index is 0.217. The van der Waals surface area contributed by atoms with Gasteiger partial charge in [0.15, 0.2) is 0 Å². The highest BCUT2D eigenvalue weighted by Gasteiger charge is 2.19. The van der Waals surface area contributed by atoms with Crippen LogP contribution in [0.1, 0.15) is 13.3 Å². The number of hydrogen-bond donors (Lipinski definition) is 3. The Kier molecular flexibility index (Phi) is 9.32. The van der Waals surface area contributed by atoms with Crippen molar-refractivity contribution in [1.82, 2.24) is 25.3 Å². The van der Waals surface area contributed by atoms with Gasteiger partial charge in [-0.05, 0) is 20.0 Å². The van der Waals surface area contributed by atoms with Crippen molar-refractivity contribution in [3.05, 3.63) is 0 Å². The van der Waals surface area contributed by atoms with Crippen LogP contribution in [0.25, 0.3) is 0 Å². The van der Waals surface area contributed by atoms with E-state index in [1.807, 2.05) is 0 Å². The van der Waals surface area contributed by atoms with Crippen LogP contribution in [-0.4, -0.2) is 92.7 Å². The highest BCUT2D eigenvalue weighted by molar-refractivity contribution is 4.68. The minimum Gasteiger partial charge on any atom is -0.395 e. The molecule has 0 aromatic carbocycles. The number of rotatable bonds is 10. The van der Waals surface area contributed by atoms with Crippen molar-refractivity contribution in [2.45, 2.75) is 13.3 Å². The highest BCUT2D eigenvalue weighted by atomic mass is 16.3. The lowest BCUT2D eigenvalue weighted by Gasteiger charge is -2.40. The van der Waals surface area contributed by atoms with Crippen molar-refractivity contribution in [1.29, 1.82) is 0 Å². The molecule has 0 unspecified atom stereocenters. The Balaban J connectivity index is 2.16. The average molecular weight is 273 g/mol. The van der Waals surface area contributed by atoms with Crippen LogP contribution in [0.5, 0.6) is 0 Å². The maximum atomic E-state index is 8.73. The van der Waals surface area contributed by atoms with Gasteiger partial charge in [0.2, 0.25) is 0 Å². The summed E-state index contributed by atoms with van der Waals surface area (Å²) in [7, 11) is 2.17. The Morgan fingerprint density at radius 2 is 1.47 bits per heavy atom. The second-order valence-electron chi connectivity index (χ2n) is 5.29. The van der Waals surface area contributed by atoms with E-state index in [0.29, 0.717) is 6.54 Å². The molecule has 0 spiro atoms. The van der Waals surface area contributed by atoms with Crippen molar-refractivity contribution in [2.24, 2.45) is 0 Å². The molecule has 3 N–H and O–H groups in total. The lowest BCUT2D eigenvalue weighted by Crippen LogP contribution is -2.55. The smallest absolute Gasteiger partial charge is 0.0555 e. The first-order chi connectivity index (χ1) is 9.26. The van der Waals surface area contributed by atoms with E-state index in [-0.39, 0.29) is 6.61 Å². The summed E-state index contributed by atoms with van der Waals surface area (Å²) in [6, 6.07) is 0. The topological polar surface area (TPSA) is 54.0 Å². The van der Waals surface area contributed by atoms with E-state index >= 15 is 0 Å². The second-order valence-corrected chi connectivity index (χ2v) is 5.29. The largest absolute Gasteiger partial charge is 0.395 e. The van der Waals surface area contributed by atoms with Crippen LogP contribution in [0.3, 0.4) is 0 Å². The molecule has 1 saturated heterocycles. The number of hydrogen-bond acceptors (Lipinski definition) is 6. The van der Waals surface area contributed by atoms with Gasteiger partial charge in [-0.25, -0.2) is 0 Å². The summed E-state index contributed by atoms with van der Waals surface area (Å²) in [5.41, 5.74) is 0. The van der Waals surface area contributed by atoms with Gasteiger partial charge in [0.1, 0.15) is 0 Å². The van der Waals surface area contributed by atoms with E-state index in [1.54, 1.807) is 0 Å². The predicted molar refractivity (Wildman–Crippen MR) is 78.9 cm³/mol. The summed E-state index contributed by atoms with van der Waals surface area (Å²) in [4.78, 5) is 7.25. The molecular weight excluding hydrogens is 242 g/mol. The number of aliphatic hydroxyl groups excluding tert-OH is 1. The van der Waals surface area contributed by atoms with E-state index in [4.69, 9.17) is 5.11 Å². The monoisotopic (exact) mass is 273 g/mol. The van der Waals surface area contributed by atoms with Gasteiger partial charge in [0.05, 0.1) is 26.6 Å². The first-order valence-electron chi connectivity index (χ1n) is 7.41. The Morgan fingerprint density at radius 3 is 2.00 bits per heavy atom. The van der Waals surface area contributed by atoms with Gasteiger partial charge in [-0.3, -0.25) is 14.7 Å². The summed E-state index contributed by atoms with van der Waals surface area (Å²) >= 11 is 0. The van der Waals surface area contributed by atoms with Crippen LogP contribution in [0.4, 0.5) is 0 Å². The van der Waals surface area contributed by atoms with E-state index in [2.05, 4.69) is 39.3 Å². The molecule has 0 saturated carbocycles. The van der Waals surface area contributed by atoms with Gasteiger partial charge >= 0.3 is 0 Å². The molecule has 1 aliphatic rings. The van der Waals surface area contributed by atoms with Crippen LogP contribution in [-0.2, 0) is 0 Å². The molecule has 1 rings (SSSR count). The fraction of sp³-hybridized carbons (Fsp3) is 1.00. The molecule has 0 amide bonds. The second kappa shape index (κ2) is 10.5. The van der Waals surface area contributed by atoms with Gasteiger partial charge < -0.3 is 15.7 Å². The molecule has 0 radical (unpaired) electrons. The molecule has 1 aliphatic heterocycles. The van der Waals surface area contributed by atoms with E-state index in [1.165, 1.54) is 6.42 Å².